The molecule has 0 aromatic carbocycles. The second kappa shape index (κ2) is 4.18. The standard InChI is InChI=1S/C10H20N2Si/c13-10(12-7-3-4-8-12)9-11-5-1-2-6-11/h9H,1-8H2,13H3. The quantitative estimate of drug-likeness (QED) is 0.588. The Labute approximate surface area is 84.0 Å². The van der Waals surface area contributed by atoms with Gasteiger partial charge in [0.1, 0.15) is 0 Å². The third-order valence-electron chi connectivity index (χ3n) is 3.11. The Morgan fingerprint density at radius 3 is 2.08 bits per heavy atom. The molecule has 0 amide bonds. The molecule has 0 radical (unpaired) electrons. The van der Waals surface area contributed by atoms with Crippen LogP contribution < -0.4 is 0 Å². The molecular formula is C10H20N2Si. The van der Waals surface area contributed by atoms with Gasteiger partial charge in [0.15, 0.2) is 0 Å². The van der Waals surface area contributed by atoms with Crippen molar-refractivity contribution < 1.29 is 0 Å². The van der Waals surface area contributed by atoms with Gasteiger partial charge in [0, 0.05) is 37.7 Å². The highest BCUT2D eigenvalue weighted by Gasteiger charge is 2.13. The molecule has 2 saturated heterocycles. The fourth-order valence-electron chi connectivity index (χ4n) is 2.29. The predicted molar refractivity (Wildman–Crippen MR) is 59.6 cm³/mol. The molecule has 0 aromatic heterocycles. The monoisotopic (exact) mass is 196 g/mol. The van der Waals surface area contributed by atoms with Crippen LogP contribution in [-0.2, 0) is 0 Å². The lowest BCUT2D eigenvalue weighted by atomic mass is 10.4. The summed E-state index contributed by atoms with van der Waals surface area (Å²) in [7, 11) is 1.21. The fourth-order valence-corrected chi connectivity index (χ4v) is 3.10. The van der Waals surface area contributed by atoms with Gasteiger partial charge in [0.2, 0.25) is 0 Å². The molecule has 0 saturated carbocycles. The molecule has 0 unspecified atom stereocenters. The van der Waals surface area contributed by atoms with Crippen molar-refractivity contribution in [2.75, 3.05) is 26.2 Å². The summed E-state index contributed by atoms with van der Waals surface area (Å²) in [5.41, 5.74) is 0. The zero-order valence-corrected chi connectivity index (χ0v) is 10.6. The van der Waals surface area contributed by atoms with Crippen molar-refractivity contribution in [3.8, 4) is 0 Å². The van der Waals surface area contributed by atoms with Crippen LogP contribution in [0, 0.1) is 0 Å². The van der Waals surface area contributed by atoms with E-state index in [9.17, 15) is 0 Å². The Kier molecular flexibility index (Phi) is 2.93. The van der Waals surface area contributed by atoms with Crippen molar-refractivity contribution in [1.82, 2.24) is 9.80 Å². The van der Waals surface area contributed by atoms with E-state index in [1.165, 1.54) is 62.1 Å². The van der Waals surface area contributed by atoms with Gasteiger partial charge in [0.25, 0.3) is 0 Å². The van der Waals surface area contributed by atoms with E-state index in [4.69, 9.17) is 0 Å². The molecule has 0 aliphatic carbocycles. The first-order chi connectivity index (χ1) is 6.36. The molecule has 0 aromatic rings. The minimum Gasteiger partial charge on any atom is -0.378 e. The van der Waals surface area contributed by atoms with E-state index in [1.807, 2.05) is 0 Å². The molecule has 2 fully saturated rings. The summed E-state index contributed by atoms with van der Waals surface area (Å²) >= 11 is 0. The molecule has 2 heterocycles. The molecule has 13 heavy (non-hydrogen) atoms. The van der Waals surface area contributed by atoms with Crippen LogP contribution >= 0.6 is 0 Å². The molecule has 2 aliphatic rings. The van der Waals surface area contributed by atoms with Crippen molar-refractivity contribution in [1.29, 1.82) is 0 Å². The topological polar surface area (TPSA) is 6.48 Å². The molecule has 2 rings (SSSR count). The molecule has 2 aliphatic heterocycles. The lowest BCUT2D eigenvalue weighted by Gasteiger charge is -2.21. The van der Waals surface area contributed by atoms with Crippen LogP contribution in [-0.4, -0.2) is 46.2 Å². The summed E-state index contributed by atoms with van der Waals surface area (Å²) in [6.45, 7) is 5.20. The Morgan fingerprint density at radius 2 is 1.46 bits per heavy atom. The minimum absolute atomic E-state index is 1.21. The highest BCUT2D eigenvalue weighted by Crippen LogP contribution is 2.15. The Morgan fingerprint density at radius 1 is 0.923 bits per heavy atom. The van der Waals surface area contributed by atoms with Crippen molar-refractivity contribution in [2.45, 2.75) is 25.7 Å². The Bertz CT molecular complexity index is 191. The Hall–Kier alpha value is -0.443. The third-order valence-corrected chi connectivity index (χ3v) is 4.01. The second-order valence-corrected chi connectivity index (χ2v) is 5.23. The van der Waals surface area contributed by atoms with Gasteiger partial charge in [0.05, 0.1) is 10.2 Å². The van der Waals surface area contributed by atoms with Gasteiger partial charge < -0.3 is 9.80 Å². The lowest BCUT2D eigenvalue weighted by molar-refractivity contribution is 0.413. The van der Waals surface area contributed by atoms with Gasteiger partial charge in [-0.15, -0.1) is 0 Å². The van der Waals surface area contributed by atoms with Gasteiger partial charge in [-0.05, 0) is 25.7 Å². The third kappa shape index (κ3) is 2.27. The molecular weight excluding hydrogens is 176 g/mol. The van der Waals surface area contributed by atoms with Crippen LogP contribution in [0.2, 0.25) is 0 Å². The highest BCUT2D eigenvalue weighted by molar-refractivity contribution is 6.21. The summed E-state index contributed by atoms with van der Waals surface area (Å²) in [4.78, 5) is 5.07. The number of hydrogen-bond acceptors (Lipinski definition) is 2. The molecule has 74 valence electrons. The van der Waals surface area contributed by atoms with E-state index in [0.29, 0.717) is 0 Å². The maximum atomic E-state index is 2.57. The van der Waals surface area contributed by atoms with E-state index >= 15 is 0 Å². The maximum absolute atomic E-state index is 2.57. The number of hydrogen-bond donors (Lipinski definition) is 0. The van der Waals surface area contributed by atoms with Crippen LogP contribution in [0.3, 0.4) is 0 Å². The smallest absolute Gasteiger partial charge is 0.0610 e. The van der Waals surface area contributed by atoms with E-state index in [0.717, 1.165) is 0 Å². The molecule has 0 spiro atoms. The van der Waals surface area contributed by atoms with Crippen LogP contribution in [0.4, 0.5) is 0 Å². The molecule has 3 heteroatoms. The summed E-state index contributed by atoms with van der Waals surface area (Å²) in [5.74, 6) is 0. The van der Waals surface area contributed by atoms with E-state index < -0.39 is 0 Å². The Balaban J connectivity index is 1.89. The van der Waals surface area contributed by atoms with Crippen LogP contribution in [0.25, 0.3) is 0 Å². The minimum atomic E-state index is 1.21. The van der Waals surface area contributed by atoms with Gasteiger partial charge in [-0.3, -0.25) is 0 Å². The number of nitrogens with zero attached hydrogens (tertiary/aromatic N) is 2. The first kappa shape index (κ1) is 9.13. The first-order valence-corrected chi connectivity index (χ1v) is 6.54. The van der Waals surface area contributed by atoms with Gasteiger partial charge in [-0.25, -0.2) is 0 Å². The molecule has 0 atom stereocenters. The van der Waals surface area contributed by atoms with Crippen LogP contribution in [0.15, 0.2) is 11.5 Å². The first-order valence-electron chi connectivity index (χ1n) is 5.54. The lowest BCUT2D eigenvalue weighted by Crippen LogP contribution is -2.22. The average molecular weight is 196 g/mol. The van der Waals surface area contributed by atoms with Gasteiger partial charge >= 0.3 is 0 Å². The summed E-state index contributed by atoms with van der Waals surface area (Å²) in [6.07, 6.45) is 8.01. The number of rotatable bonds is 2. The largest absolute Gasteiger partial charge is 0.378 e. The van der Waals surface area contributed by atoms with E-state index in [2.05, 4.69) is 16.0 Å². The molecule has 0 N–H and O–H groups in total. The summed E-state index contributed by atoms with van der Waals surface area (Å²) in [6, 6.07) is 0. The fraction of sp³-hybridized carbons (Fsp3) is 0.800. The van der Waals surface area contributed by atoms with Gasteiger partial charge in [-0.2, -0.15) is 0 Å². The molecule has 2 nitrogen and oxygen atoms in total. The number of likely N-dealkylation sites (tertiary alicyclic amines) is 2. The van der Waals surface area contributed by atoms with Crippen LogP contribution in [0.1, 0.15) is 25.7 Å². The zero-order valence-electron chi connectivity index (χ0n) is 8.63. The summed E-state index contributed by atoms with van der Waals surface area (Å²) in [5, 5.41) is 1.61. The molecule has 0 bridgehead atoms. The average Bonchev–Trinajstić information content (AvgIpc) is 2.74. The maximum Gasteiger partial charge on any atom is 0.0610 e. The van der Waals surface area contributed by atoms with Crippen molar-refractivity contribution in [3.05, 3.63) is 11.5 Å². The van der Waals surface area contributed by atoms with Crippen molar-refractivity contribution in [3.63, 3.8) is 0 Å². The van der Waals surface area contributed by atoms with E-state index in [1.54, 1.807) is 5.32 Å². The van der Waals surface area contributed by atoms with Crippen molar-refractivity contribution >= 4 is 10.2 Å². The van der Waals surface area contributed by atoms with Gasteiger partial charge in [-0.1, -0.05) is 0 Å². The van der Waals surface area contributed by atoms with Crippen LogP contribution in [0.5, 0.6) is 0 Å². The van der Waals surface area contributed by atoms with E-state index in [-0.39, 0.29) is 0 Å². The normalized spacial score (nSPS) is 24.8. The summed E-state index contributed by atoms with van der Waals surface area (Å²) < 4.78 is 0. The SMILES string of the molecule is [SiH3]C(=CN1CCCC1)N1CCCC1. The highest BCUT2D eigenvalue weighted by atomic mass is 28.1. The predicted octanol–water partition coefficient (Wildman–Crippen LogP) is 0.342. The van der Waals surface area contributed by atoms with Crippen molar-refractivity contribution in [2.24, 2.45) is 0 Å². The zero-order chi connectivity index (χ0) is 9.10. The second-order valence-electron chi connectivity index (χ2n) is 4.21.